The Morgan fingerprint density at radius 2 is 1.95 bits per heavy atom. The van der Waals surface area contributed by atoms with E-state index in [1.807, 2.05) is 7.05 Å². The molecule has 2 rings (SSSR count). The van der Waals surface area contributed by atoms with E-state index in [9.17, 15) is 10.2 Å². The Kier molecular flexibility index (Phi) is 4.66. The lowest BCUT2D eigenvalue weighted by Gasteiger charge is -2.40. The summed E-state index contributed by atoms with van der Waals surface area (Å²) in [5, 5.41) is 22.5. The van der Waals surface area contributed by atoms with Gasteiger partial charge in [-0.15, -0.1) is 0 Å². The molecule has 2 atom stereocenters. The van der Waals surface area contributed by atoms with Crippen molar-refractivity contribution in [2.45, 2.75) is 38.3 Å². The van der Waals surface area contributed by atoms with Gasteiger partial charge in [-0.3, -0.25) is 4.90 Å². The second kappa shape index (κ2) is 6.26. The number of nitrogens with one attached hydrogen (secondary N) is 1. The van der Waals surface area contributed by atoms with Crippen molar-refractivity contribution in [1.29, 1.82) is 0 Å². The molecule has 0 aromatic heterocycles. The molecule has 4 nitrogen and oxygen atoms in total. The summed E-state index contributed by atoms with van der Waals surface area (Å²) in [6.07, 6.45) is 3.70. The van der Waals surface area contributed by atoms with Crippen LogP contribution in [0.2, 0.25) is 0 Å². The third-order valence-electron chi connectivity index (χ3n) is 4.02. The Labute approximate surface area is 115 Å². The number of benzene rings is 1. The lowest BCUT2D eigenvalue weighted by atomic mass is 9.97. The number of hydrogen-bond acceptors (Lipinski definition) is 4. The number of likely N-dealkylation sites (N-methyl/N-ethyl adjacent to an activating group) is 1. The molecule has 1 aliphatic heterocycles. The van der Waals surface area contributed by atoms with Crippen molar-refractivity contribution in [2.75, 3.05) is 20.1 Å². The first-order chi connectivity index (χ1) is 9.11. The molecule has 0 saturated carbocycles. The van der Waals surface area contributed by atoms with Crippen molar-refractivity contribution in [3.8, 4) is 11.5 Å². The van der Waals surface area contributed by atoms with Gasteiger partial charge in [-0.05, 0) is 51.1 Å². The summed E-state index contributed by atoms with van der Waals surface area (Å²) in [5.74, 6) is 0.257. The van der Waals surface area contributed by atoms with Crippen LogP contribution in [-0.4, -0.2) is 41.3 Å². The van der Waals surface area contributed by atoms with Gasteiger partial charge in [-0.1, -0.05) is 6.42 Å². The van der Waals surface area contributed by atoms with Crippen LogP contribution in [-0.2, 0) is 0 Å². The van der Waals surface area contributed by atoms with Crippen LogP contribution in [0.25, 0.3) is 0 Å². The predicted molar refractivity (Wildman–Crippen MR) is 76.5 cm³/mol. The maximum absolute atomic E-state index is 9.62. The van der Waals surface area contributed by atoms with Crippen molar-refractivity contribution in [3.05, 3.63) is 23.8 Å². The third kappa shape index (κ3) is 3.39. The highest BCUT2D eigenvalue weighted by atomic mass is 16.3. The van der Waals surface area contributed by atoms with Gasteiger partial charge >= 0.3 is 0 Å². The number of rotatable bonds is 4. The van der Waals surface area contributed by atoms with E-state index in [1.54, 1.807) is 12.1 Å². The van der Waals surface area contributed by atoms with Crippen LogP contribution < -0.4 is 5.32 Å². The maximum Gasteiger partial charge on any atom is 0.119 e. The van der Waals surface area contributed by atoms with Gasteiger partial charge in [0.15, 0.2) is 0 Å². The zero-order valence-electron chi connectivity index (χ0n) is 11.8. The summed E-state index contributed by atoms with van der Waals surface area (Å²) in [7, 11) is 1.98. The quantitative estimate of drug-likeness (QED) is 0.780. The predicted octanol–water partition coefficient (Wildman–Crippen LogP) is 2.23. The van der Waals surface area contributed by atoms with Gasteiger partial charge in [0.05, 0.1) is 0 Å². The van der Waals surface area contributed by atoms with Crippen LogP contribution >= 0.6 is 0 Å². The standard InChI is InChI=1S/C15H24N2O2/c1-11(12-7-14(18)9-15(19)8-12)17-6-4-3-5-13(17)10-16-2/h7-9,11,13,16,18-19H,3-6,10H2,1-2H3. The highest BCUT2D eigenvalue weighted by molar-refractivity contribution is 5.38. The zero-order chi connectivity index (χ0) is 13.8. The first-order valence-corrected chi connectivity index (χ1v) is 7.05. The van der Waals surface area contributed by atoms with Crippen molar-refractivity contribution < 1.29 is 10.2 Å². The second-order valence-corrected chi connectivity index (χ2v) is 5.40. The fourth-order valence-electron chi connectivity index (χ4n) is 3.04. The molecule has 0 radical (unpaired) electrons. The minimum Gasteiger partial charge on any atom is -0.508 e. The Morgan fingerprint density at radius 1 is 1.26 bits per heavy atom. The second-order valence-electron chi connectivity index (χ2n) is 5.40. The fourth-order valence-corrected chi connectivity index (χ4v) is 3.04. The number of piperidine rings is 1. The largest absolute Gasteiger partial charge is 0.508 e. The lowest BCUT2D eigenvalue weighted by Crippen LogP contribution is -2.45. The smallest absolute Gasteiger partial charge is 0.119 e. The first-order valence-electron chi connectivity index (χ1n) is 7.05. The van der Waals surface area contributed by atoms with Crippen molar-refractivity contribution in [3.63, 3.8) is 0 Å². The lowest BCUT2D eigenvalue weighted by molar-refractivity contribution is 0.103. The highest BCUT2D eigenvalue weighted by Gasteiger charge is 2.27. The Bertz CT molecular complexity index is 400. The van der Waals surface area contributed by atoms with E-state index in [-0.39, 0.29) is 17.5 Å². The number of aromatic hydroxyl groups is 2. The zero-order valence-corrected chi connectivity index (χ0v) is 11.8. The molecular weight excluding hydrogens is 240 g/mol. The van der Waals surface area contributed by atoms with Gasteiger partial charge in [0.25, 0.3) is 0 Å². The van der Waals surface area contributed by atoms with Crippen molar-refractivity contribution >= 4 is 0 Å². The van der Waals surface area contributed by atoms with Gasteiger partial charge in [-0.2, -0.15) is 0 Å². The molecule has 0 bridgehead atoms. The first kappa shape index (κ1) is 14.2. The van der Waals surface area contributed by atoms with Crippen LogP contribution in [0.15, 0.2) is 18.2 Å². The van der Waals surface area contributed by atoms with E-state index in [2.05, 4.69) is 17.1 Å². The minimum atomic E-state index is 0.129. The summed E-state index contributed by atoms with van der Waals surface area (Å²) < 4.78 is 0. The van der Waals surface area contributed by atoms with E-state index in [1.165, 1.54) is 25.3 Å². The Hall–Kier alpha value is -1.26. The molecule has 2 unspecified atom stereocenters. The number of phenols is 2. The van der Waals surface area contributed by atoms with Gasteiger partial charge in [0.2, 0.25) is 0 Å². The molecule has 1 saturated heterocycles. The Balaban J connectivity index is 2.18. The summed E-state index contributed by atoms with van der Waals surface area (Å²) in [6.45, 7) is 4.20. The normalized spacial score (nSPS) is 22.3. The molecule has 1 aromatic carbocycles. The summed E-state index contributed by atoms with van der Waals surface area (Å²) in [4.78, 5) is 2.47. The van der Waals surface area contributed by atoms with Crippen LogP contribution in [0.3, 0.4) is 0 Å². The number of hydrogen-bond donors (Lipinski definition) is 3. The summed E-state index contributed by atoms with van der Waals surface area (Å²) >= 11 is 0. The van der Waals surface area contributed by atoms with E-state index in [0.29, 0.717) is 6.04 Å². The molecule has 1 aromatic rings. The van der Waals surface area contributed by atoms with Crippen LogP contribution in [0.1, 0.15) is 37.8 Å². The molecule has 4 heteroatoms. The van der Waals surface area contributed by atoms with Crippen LogP contribution in [0, 0.1) is 0 Å². The summed E-state index contributed by atoms with van der Waals surface area (Å²) in [5.41, 5.74) is 0.973. The molecule has 0 amide bonds. The van der Waals surface area contributed by atoms with Gasteiger partial charge < -0.3 is 15.5 Å². The van der Waals surface area contributed by atoms with E-state index in [4.69, 9.17) is 0 Å². The SMILES string of the molecule is CNCC1CCCCN1C(C)c1cc(O)cc(O)c1. The van der Waals surface area contributed by atoms with Crippen molar-refractivity contribution in [2.24, 2.45) is 0 Å². The summed E-state index contributed by atoms with van der Waals surface area (Å²) in [6, 6.07) is 5.59. The van der Waals surface area contributed by atoms with E-state index >= 15 is 0 Å². The number of phenolic OH excluding ortho intramolecular Hbond substituents is 2. The fraction of sp³-hybridized carbons (Fsp3) is 0.600. The minimum absolute atomic E-state index is 0.129. The molecule has 0 spiro atoms. The molecule has 0 aliphatic carbocycles. The Morgan fingerprint density at radius 3 is 2.58 bits per heavy atom. The molecular formula is C15H24N2O2. The molecule has 1 aliphatic rings. The highest BCUT2D eigenvalue weighted by Crippen LogP contribution is 2.32. The average molecular weight is 264 g/mol. The van der Waals surface area contributed by atoms with Crippen LogP contribution in [0.5, 0.6) is 11.5 Å². The average Bonchev–Trinajstić information content (AvgIpc) is 2.38. The van der Waals surface area contributed by atoms with Gasteiger partial charge in [0, 0.05) is 24.7 Å². The van der Waals surface area contributed by atoms with Gasteiger partial charge in [0.1, 0.15) is 11.5 Å². The molecule has 1 heterocycles. The van der Waals surface area contributed by atoms with E-state index < -0.39 is 0 Å². The maximum atomic E-state index is 9.62. The molecule has 1 fully saturated rings. The van der Waals surface area contributed by atoms with E-state index in [0.717, 1.165) is 18.7 Å². The molecule has 106 valence electrons. The van der Waals surface area contributed by atoms with Crippen molar-refractivity contribution in [1.82, 2.24) is 10.2 Å². The van der Waals surface area contributed by atoms with Gasteiger partial charge in [-0.25, -0.2) is 0 Å². The number of nitrogens with zero attached hydrogens (tertiary/aromatic N) is 1. The molecule has 19 heavy (non-hydrogen) atoms. The third-order valence-corrected chi connectivity index (χ3v) is 4.02. The van der Waals surface area contributed by atoms with Crippen LogP contribution in [0.4, 0.5) is 0 Å². The number of likely N-dealkylation sites (tertiary alicyclic amines) is 1. The molecule has 3 N–H and O–H groups in total. The monoisotopic (exact) mass is 264 g/mol. The topological polar surface area (TPSA) is 55.7 Å².